The Bertz CT molecular complexity index is 316. The van der Waals surface area contributed by atoms with Crippen molar-refractivity contribution in [2.75, 3.05) is 39.8 Å². The van der Waals surface area contributed by atoms with E-state index < -0.39 is 0 Å². The first-order chi connectivity index (χ1) is 8.99. The number of carbonyl (C=O) groups excluding carboxylic acids is 2. The molecule has 1 atom stereocenters. The van der Waals surface area contributed by atoms with E-state index in [0.29, 0.717) is 19.0 Å². The summed E-state index contributed by atoms with van der Waals surface area (Å²) in [5, 5.41) is 0. The van der Waals surface area contributed by atoms with Crippen molar-refractivity contribution in [3.8, 4) is 0 Å². The van der Waals surface area contributed by atoms with Crippen LogP contribution in [-0.4, -0.2) is 66.4 Å². The molecule has 1 saturated heterocycles. The molecule has 0 aromatic carbocycles. The van der Waals surface area contributed by atoms with Gasteiger partial charge in [-0.1, -0.05) is 6.92 Å². The third kappa shape index (κ3) is 4.40. The van der Waals surface area contributed by atoms with Crippen LogP contribution in [0.3, 0.4) is 0 Å². The summed E-state index contributed by atoms with van der Waals surface area (Å²) in [6.07, 6.45) is 2.25. The molecule has 1 fully saturated rings. The van der Waals surface area contributed by atoms with E-state index in [-0.39, 0.29) is 18.5 Å². The highest BCUT2D eigenvalue weighted by Gasteiger charge is 2.25. The Morgan fingerprint density at radius 2 is 1.89 bits per heavy atom. The minimum atomic E-state index is -0.0212. The minimum absolute atomic E-state index is 0.0194. The van der Waals surface area contributed by atoms with Crippen LogP contribution in [-0.2, 0) is 4.79 Å². The number of likely N-dealkylation sites (N-methyl/N-ethyl adjacent to an activating group) is 2. The molecule has 1 aliphatic rings. The van der Waals surface area contributed by atoms with Crippen molar-refractivity contribution in [3.63, 3.8) is 0 Å². The Morgan fingerprint density at radius 1 is 1.26 bits per heavy atom. The Kier molecular flexibility index (Phi) is 6.12. The molecule has 1 rings (SSSR count). The van der Waals surface area contributed by atoms with Crippen molar-refractivity contribution in [2.24, 2.45) is 5.92 Å². The average molecular weight is 269 g/mol. The van der Waals surface area contributed by atoms with Gasteiger partial charge in [-0.25, -0.2) is 4.79 Å². The highest BCUT2D eigenvalue weighted by atomic mass is 16.2. The first-order valence-electron chi connectivity index (χ1n) is 7.27. The third-order valence-electron chi connectivity index (χ3n) is 3.74. The van der Waals surface area contributed by atoms with Crippen LogP contribution in [0.2, 0.25) is 0 Å². The number of piperidine rings is 1. The topological polar surface area (TPSA) is 43.9 Å². The van der Waals surface area contributed by atoms with Crippen LogP contribution >= 0.6 is 0 Å². The Hall–Kier alpha value is -1.26. The molecule has 3 amide bonds. The van der Waals surface area contributed by atoms with E-state index in [1.807, 2.05) is 18.7 Å². The molecule has 1 aliphatic heterocycles. The fourth-order valence-electron chi connectivity index (χ4n) is 2.55. The summed E-state index contributed by atoms with van der Waals surface area (Å²) in [7, 11) is 1.71. The van der Waals surface area contributed by atoms with Crippen molar-refractivity contribution >= 4 is 11.9 Å². The Balaban J connectivity index is 2.50. The van der Waals surface area contributed by atoms with Gasteiger partial charge < -0.3 is 14.7 Å². The lowest BCUT2D eigenvalue weighted by atomic mass is 10.0. The highest BCUT2D eigenvalue weighted by Crippen LogP contribution is 2.16. The second-order valence-electron chi connectivity index (χ2n) is 5.40. The number of hydrogen-bond donors (Lipinski definition) is 0. The zero-order valence-electron chi connectivity index (χ0n) is 12.7. The van der Waals surface area contributed by atoms with Gasteiger partial charge in [-0.05, 0) is 32.6 Å². The molecular weight excluding hydrogens is 242 g/mol. The van der Waals surface area contributed by atoms with Gasteiger partial charge in [0.25, 0.3) is 0 Å². The molecule has 0 spiro atoms. The molecule has 0 aromatic heterocycles. The van der Waals surface area contributed by atoms with E-state index in [1.54, 1.807) is 16.8 Å². The number of hydrogen-bond acceptors (Lipinski definition) is 2. The van der Waals surface area contributed by atoms with E-state index >= 15 is 0 Å². The lowest BCUT2D eigenvalue weighted by molar-refractivity contribution is -0.131. The van der Waals surface area contributed by atoms with E-state index in [1.165, 1.54) is 6.42 Å². The maximum absolute atomic E-state index is 12.3. The predicted molar refractivity (Wildman–Crippen MR) is 75.9 cm³/mol. The number of urea groups is 1. The molecule has 0 saturated carbocycles. The summed E-state index contributed by atoms with van der Waals surface area (Å²) >= 11 is 0. The molecule has 110 valence electrons. The molecule has 0 aliphatic carbocycles. The number of amides is 3. The average Bonchev–Trinajstić information content (AvgIpc) is 2.39. The van der Waals surface area contributed by atoms with Crippen LogP contribution in [0.1, 0.15) is 33.6 Å². The first-order valence-corrected chi connectivity index (χ1v) is 7.27. The second kappa shape index (κ2) is 7.36. The monoisotopic (exact) mass is 269 g/mol. The van der Waals surface area contributed by atoms with Gasteiger partial charge in [0.15, 0.2) is 0 Å². The van der Waals surface area contributed by atoms with Crippen molar-refractivity contribution in [2.45, 2.75) is 33.6 Å². The van der Waals surface area contributed by atoms with E-state index in [2.05, 4.69) is 6.92 Å². The molecule has 0 N–H and O–H groups in total. The largest absolute Gasteiger partial charge is 0.342 e. The maximum Gasteiger partial charge on any atom is 0.320 e. The number of carbonyl (C=O) groups is 2. The van der Waals surface area contributed by atoms with Gasteiger partial charge in [-0.3, -0.25) is 4.79 Å². The quantitative estimate of drug-likeness (QED) is 0.778. The van der Waals surface area contributed by atoms with Crippen LogP contribution < -0.4 is 0 Å². The van der Waals surface area contributed by atoms with Crippen molar-refractivity contribution in [1.29, 1.82) is 0 Å². The standard InChI is InChI=1S/C14H27N3O2/c1-5-16(6-2)13(18)11-15(4)14(19)17-9-7-8-12(3)10-17/h12H,5-11H2,1-4H3. The van der Waals surface area contributed by atoms with Gasteiger partial charge in [0.2, 0.25) is 5.91 Å². The van der Waals surface area contributed by atoms with Crippen LogP contribution in [0.15, 0.2) is 0 Å². The van der Waals surface area contributed by atoms with Crippen molar-refractivity contribution < 1.29 is 9.59 Å². The van der Waals surface area contributed by atoms with E-state index in [9.17, 15) is 9.59 Å². The summed E-state index contributed by atoms with van der Waals surface area (Å²) < 4.78 is 0. The molecule has 1 heterocycles. The summed E-state index contributed by atoms with van der Waals surface area (Å²) in [4.78, 5) is 29.4. The summed E-state index contributed by atoms with van der Waals surface area (Å²) in [5.41, 5.74) is 0. The van der Waals surface area contributed by atoms with Crippen LogP contribution in [0, 0.1) is 5.92 Å². The van der Waals surface area contributed by atoms with Crippen molar-refractivity contribution in [1.82, 2.24) is 14.7 Å². The first kappa shape index (κ1) is 15.8. The molecule has 19 heavy (non-hydrogen) atoms. The fourth-order valence-corrected chi connectivity index (χ4v) is 2.55. The molecule has 0 bridgehead atoms. The highest BCUT2D eigenvalue weighted by molar-refractivity contribution is 5.84. The lowest BCUT2D eigenvalue weighted by Gasteiger charge is -2.34. The van der Waals surface area contributed by atoms with Crippen LogP contribution in [0.4, 0.5) is 4.79 Å². The fraction of sp³-hybridized carbons (Fsp3) is 0.857. The van der Waals surface area contributed by atoms with Gasteiger partial charge in [0.1, 0.15) is 6.54 Å². The number of likely N-dealkylation sites (tertiary alicyclic amines) is 1. The zero-order chi connectivity index (χ0) is 14.4. The Labute approximate surface area is 116 Å². The maximum atomic E-state index is 12.3. The van der Waals surface area contributed by atoms with Crippen LogP contribution in [0.25, 0.3) is 0 Å². The molecular formula is C14H27N3O2. The van der Waals surface area contributed by atoms with Gasteiger partial charge in [0, 0.05) is 33.2 Å². The third-order valence-corrected chi connectivity index (χ3v) is 3.74. The van der Waals surface area contributed by atoms with Crippen molar-refractivity contribution in [3.05, 3.63) is 0 Å². The van der Waals surface area contributed by atoms with Gasteiger partial charge in [-0.15, -0.1) is 0 Å². The van der Waals surface area contributed by atoms with E-state index in [4.69, 9.17) is 0 Å². The molecule has 0 radical (unpaired) electrons. The zero-order valence-corrected chi connectivity index (χ0v) is 12.7. The molecule has 5 nitrogen and oxygen atoms in total. The minimum Gasteiger partial charge on any atom is -0.342 e. The number of nitrogens with zero attached hydrogens (tertiary/aromatic N) is 3. The summed E-state index contributed by atoms with van der Waals surface area (Å²) in [5.74, 6) is 0.579. The second-order valence-corrected chi connectivity index (χ2v) is 5.40. The van der Waals surface area contributed by atoms with E-state index in [0.717, 1.165) is 19.5 Å². The van der Waals surface area contributed by atoms with Gasteiger partial charge >= 0.3 is 6.03 Å². The SMILES string of the molecule is CCN(CC)C(=O)CN(C)C(=O)N1CCCC(C)C1. The van der Waals surface area contributed by atoms with Gasteiger partial charge in [-0.2, -0.15) is 0 Å². The smallest absolute Gasteiger partial charge is 0.320 e. The number of rotatable bonds is 4. The normalized spacial score (nSPS) is 19.2. The summed E-state index contributed by atoms with van der Waals surface area (Å²) in [6, 6.07) is -0.0212. The molecule has 1 unspecified atom stereocenters. The Morgan fingerprint density at radius 3 is 2.42 bits per heavy atom. The van der Waals surface area contributed by atoms with Crippen LogP contribution in [0.5, 0.6) is 0 Å². The predicted octanol–water partition coefficient (Wildman–Crippen LogP) is 1.64. The molecule has 5 heteroatoms. The molecule has 0 aromatic rings. The van der Waals surface area contributed by atoms with Gasteiger partial charge in [0.05, 0.1) is 0 Å². The summed E-state index contributed by atoms with van der Waals surface area (Å²) in [6.45, 7) is 9.25. The lowest BCUT2D eigenvalue weighted by Crippen LogP contribution is -2.49.